The molecule has 7 nitrogen and oxygen atoms in total. The van der Waals surface area contributed by atoms with Gasteiger partial charge in [-0.05, 0) is 48.5 Å². The molecule has 3 aromatic rings. The summed E-state index contributed by atoms with van der Waals surface area (Å²) in [4.78, 5) is 31.8. The van der Waals surface area contributed by atoms with Crippen LogP contribution in [-0.2, 0) is 6.18 Å². The third-order valence-electron chi connectivity index (χ3n) is 7.17. The summed E-state index contributed by atoms with van der Waals surface area (Å²) in [5.41, 5.74) is 0.626. The van der Waals surface area contributed by atoms with E-state index < -0.39 is 17.6 Å². The topological polar surface area (TPSA) is 62.3 Å². The SMILES string of the molecule is COc1ccc(C(=O)N(C/C=C/c2ccccc2OC)CCN2CCN(C(=O)c3cccc(C(F)(F)F)c3)CC2)cc1. The molecule has 0 atom stereocenters. The van der Waals surface area contributed by atoms with Gasteiger partial charge in [0, 0.05) is 62.5 Å². The van der Waals surface area contributed by atoms with Crippen LogP contribution in [0, 0.1) is 0 Å². The first-order chi connectivity index (χ1) is 20.2. The van der Waals surface area contributed by atoms with Crippen LogP contribution in [0.1, 0.15) is 31.8 Å². The molecule has 1 saturated heterocycles. The minimum absolute atomic E-state index is 0.0244. The van der Waals surface area contributed by atoms with Crippen molar-refractivity contribution < 1.29 is 32.2 Å². The van der Waals surface area contributed by atoms with Crippen molar-refractivity contribution in [2.24, 2.45) is 0 Å². The average Bonchev–Trinajstić information content (AvgIpc) is 3.02. The van der Waals surface area contributed by atoms with Gasteiger partial charge in [0.15, 0.2) is 0 Å². The Kier molecular flexibility index (Phi) is 10.2. The molecule has 10 heteroatoms. The van der Waals surface area contributed by atoms with Gasteiger partial charge in [-0.15, -0.1) is 0 Å². The summed E-state index contributed by atoms with van der Waals surface area (Å²) in [7, 11) is 3.18. The summed E-state index contributed by atoms with van der Waals surface area (Å²) in [5.74, 6) is 0.852. The Balaban J connectivity index is 1.38. The molecule has 0 aliphatic carbocycles. The highest BCUT2D eigenvalue weighted by Crippen LogP contribution is 2.30. The lowest BCUT2D eigenvalue weighted by Gasteiger charge is -2.36. The zero-order chi connectivity index (χ0) is 30.1. The second-order valence-corrected chi connectivity index (χ2v) is 9.84. The summed E-state index contributed by atoms with van der Waals surface area (Å²) in [6.45, 7) is 3.26. The van der Waals surface area contributed by atoms with Gasteiger partial charge in [0.1, 0.15) is 11.5 Å². The Hall–Kier alpha value is -4.31. The molecule has 0 radical (unpaired) electrons. The van der Waals surface area contributed by atoms with Gasteiger partial charge in [-0.2, -0.15) is 13.2 Å². The number of hydrogen-bond donors (Lipinski definition) is 0. The van der Waals surface area contributed by atoms with Gasteiger partial charge in [0.25, 0.3) is 11.8 Å². The van der Waals surface area contributed by atoms with E-state index in [1.165, 1.54) is 12.1 Å². The van der Waals surface area contributed by atoms with Crippen molar-refractivity contribution in [1.82, 2.24) is 14.7 Å². The van der Waals surface area contributed by atoms with Crippen molar-refractivity contribution in [3.8, 4) is 11.5 Å². The van der Waals surface area contributed by atoms with E-state index in [0.717, 1.165) is 23.4 Å². The molecule has 0 aromatic heterocycles. The number of carbonyl (C=O) groups is 2. The van der Waals surface area contributed by atoms with Gasteiger partial charge < -0.3 is 19.3 Å². The number of amides is 2. The molecule has 0 unspecified atom stereocenters. The number of ether oxygens (including phenoxy) is 2. The molecule has 0 N–H and O–H groups in total. The molecule has 1 fully saturated rings. The Labute approximate surface area is 243 Å². The molecule has 0 bridgehead atoms. The number of hydrogen-bond acceptors (Lipinski definition) is 5. The highest BCUT2D eigenvalue weighted by molar-refractivity contribution is 5.95. The van der Waals surface area contributed by atoms with Gasteiger partial charge in [0.2, 0.25) is 0 Å². The van der Waals surface area contributed by atoms with E-state index in [2.05, 4.69) is 4.90 Å². The fourth-order valence-corrected chi connectivity index (χ4v) is 4.75. The number of benzene rings is 3. The van der Waals surface area contributed by atoms with Crippen LogP contribution < -0.4 is 9.47 Å². The average molecular weight is 582 g/mol. The van der Waals surface area contributed by atoms with Gasteiger partial charge in [0.05, 0.1) is 19.8 Å². The second-order valence-electron chi connectivity index (χ2n) is 9.84. The Morgan fingerprint density at radius 1 is 0.881 bits per heavy atom. The van der Waals surface area contributed by atoms with Crippen molar-refractivity contribution in [2.75, 3.05) is 60.0 Å². The van der Waals surface area contributed by atoms with Gasteiger partial charge >= 0.3 is 6.18 Å². The molecule has 1 heterocycles. The van der Waals surface area contributed by atoms with E-state index in [4.69, 9.17) is 9.47 Å². The van der Waals surface area contributed by atoms with Crippen molar-refractivity contribution in [3.05, 3.63) is 101 Å². The zero-order valence-corrected chi connectivity index (χ0v) is 23.6. The van der Waals surface area contributed by atoms with Crippen molar-refractivity contribution in [1.29, 1.82) is 0 Å². The molecule has 0 spiro atoms. The lowest BCUT2D eigenvalue weighted by atomic mass is 10.1. The number of halogens is 3. The number of rotatable bonds is 10. The van der Waals surface area contributed by atoms with E-state index in [9.17, 15) is 22.8 Å². The third kappa shape index (κ3) is 7.91. The number of piperazine rings is 1. The lowest BCUT2D eigenvalue weighted by molar-refractivity contribution is -0.137. The van der Waals surface area contributed by atoms with Crippen molar-refractivity contribution in [2.45, 2.75) is 6.18 Å². The first-order valence-corrected chi connectivity index (χ1v) is 13.6. The molecule has 1 aliphatic rings. The summed E-state index contributed by atoms with van der Waals surface area (Å²) < 4.78 is 49.9. The molecule has 2 amide bonds. The maximum absolute atomic E-state index is 13.5. The van der Waals surface area contributed by atoms with Crippen LogP contribution in [-0.4, -0.2) is 86.5 Å². The summed E-state index contributed by atoms with van der Waals surface area (Å²) in [6, 6.07) is 19.1. The number of carbonyl (C=O) groups excluding carboxylic acids is 2. The predicted molar refractivity (Wildman–Crippen MR) is 155 cm³/mol. The van der Waals surface area contributed by atoms with E-state index >= 15 is 0 Å². The van der Waals surface area contributed by atoms with Crippen molar-refractivity contribution in [3.63, 3.8) is 0 Å². The standard InChI is InChI=1S/C32H34F3N3O4/c1-41-28-14-12-25(13-15-28)30(39)37(16-6-9-24-7-3-4-11-29(24)42-2)20-17-36-18-21-38(22-19-36)31(40)26-8-5-10-27(23-26)32(33,34)35/h3-15,23H,16-22H2,1-2H3/b9-6+. The molecular weight excluding hydrogens is 547 g/mol. The summed E-state index contributed by atoms with van der Waals surface area (Å²) >= 11 is 0. The molecule has 1 aliphatic heterocycles. The molecule has 222 valence electrons. The lowest BCUT2D eigenvalue weighted by Crippen LogP contribution is -2.50. The summed E-state index contributed by atoms with van der Waals surface area (Å²) in [6.07, 6.45) is -0.664. The van der Waals surface area contributed by atoms with Gasteiger partial charge in [-0.1, -0.05) is 36.4 Å². The minimum Gasteiger partial charge on any atom is -0.497 e. The molecule has 42 heavy (non-hydrogen) atoms. The highest BCUT2D eigenvalue weighted by atomic mass is 19.4. The third-order valence-corrected chi connectivity index (χ3v) is 7.17. The van der Waals surface area contributed by atoms with E-state index in [-0.39, 0.29) is 11.5 Å². The predicted octanol–water partition coefficient (Wildman–Crippen LogP) is 5.34. The number of para-hydroxylation sites is 1. The quantitative estimate of drug-likeness (QED) is 0.324. The minimum atomic E-state index is -4.51. The Morgan fingerprint density at radius 3 is 2.26 bits per heavy atom. The van der Waals surface area contributed by atoms with E-state index in [1.807, 2.05) is 36.4 Å². The molecule has 4 rings (SSSR count). The second kappa shape index (κ2) is 14.0. The van der Waals surface area contributed by atoms with E-state index in [1.54, 1.807) is 48.3 Å². The Bertz CT molecular complexity index is 1380. The largest absolute Gasteiger partial charge is 0.497 e. The fourth-order valence-electron chi connectivity index (χ4n) is 4.75. The first-order valence-electron chi connectivity index (χ1n) is 13.6. The normalized spacial score (nSPS) is 14.2. The number of methoxy groups -OCH3 is 2. The van der Waals surface area contributed by atoms with Crippen LogP contribution in [0.4, 0.5) is 13.2 Å². The smallest absolute Gasteiger partial charge is 0.416 e. The van der Waals surface area contributed by atoms with Crippen LogP contribution in [0.15, 0.2) is 78.9 Å². The van der Waals surface area contributed by atoms with Gasteiger partial charge in [-0.3, -0.25) is 14.5 Å². The fraction of sp³-hybridized carbons (Fsp3) is 0.312. The van der Waals surface area contributed by atoms with Crippen LogP contribution in [0.25, 0.3) is 6.08 Å². The maximum Gasteiger partial charge on any atom is 0.416 e. The van der Waals surface area contributed by atoms with Gasteiger partial charge in [-0.25, -0.2) is 0 Å². The molecular formula is C32H34F3N3O4. The van der Waals surface area contributed by atoms with Crippen LogP contribution >= 0.6 is 0 Å². The molecule has 0 saturated carbocycles. The van der Waals surface area contributed by atoms with Crippen LogP contribution in [0.2, 0.25) is 0 Å². The van der Waals surface area contributed by atoms with E-state index in [0.29, 0.717) is 57.1 Å². The first kappa shape index (κ1) is 30.6. The monoisotopic (exact) mass is 581 g/mol. The van der Waals surface area contributed by atoms with Crippen LogP contribution in [0.5, 0.6) is 11.5 Å². The number of alkyl halides is 3. The molecule has 3 aromatic carbocycles. The summed E-state index contributed by atoms with van der Waals surface area (Å²) in [5, 5.41) is 0. The van der Waals surface area contributed by atoms with Crippen molar-refractivity contribution >= 4 is 17.9 Å². The maximum atomic E-state index is 13.5. The zero-order valence-electron chi connectivity index (χ0n) is 23.6. The number of nitrogens with zero attached hydrogens (tertiary/aromatic N) is 3. The van der Waals surface area contributed by atoms with Crippen LogP contribution in [0.3, 0.4) is 0 Å². The highest BCUT2D eigenvalue weighted by Gasteiger charge is 2.32. The Morgan fingerprint density at radius 2 is 1.60 bits per heavy atom.